The SMILES string of the molecule is COc1ccc(-c2cc(O[C@H](C)[C@H]3CNC(=O)C3)c3c(c2)ncn3C)nc1OC.C[C@@H](Oc1cc(Br)cc2ncn(C)c12)[C@H]1CNC(=O)C1. The molecule has 2 saturated heterocycles. The van der Waals surface area contributed by atoms with Crippen LogP contribution in [0.5, 0.6) is 23.1 Å². The number of aryl methyl sites for hydroxylation is 2. The summed E-state index contributed by atoms with van der Waals surface area (Å²) in [6.07, 6.45) is 4.39. The highest BCUT2D eigenvalue weighted by molar-refractivity contribution is 9.10. The molecule has 2 aliphatic rings. The van der Waals surface area contributed by atoms with Crippen molar-refractivity contribution in [3.05, 3.63) is 53.5 Å². The Morgan fingerprint density at radius 1 is 0.776 bits per heavy atom. The van der Waals surface area contributed by atoms with Gasteiger partial charge in [0, 0.05) is 61.9 Å². The van der Waals surface area contributed by atoms with Crippen LogP contribution in [0.3, 0.4) is 0 Å². The number of fused-ring (bicyclic) bond motifs is 2. The van der Waals surface area contributed by atoms with Crippen molar-refractivity contribution in [1.29, 1.82) is 0 Å². The minimum absolute atomic E-state index is 0.0265. The first-order valence-electron chi connectivity index (χ1n) is 16.1. The second kappa shape index (κ2) is 14.3. The molecule has 0 radical (unpaired) electrons. The van der Waals surface area contributed by atoms with E-state index in [0.717, 1.165) is 43.5 Å². The number of imidazole rings is 2. The summed E-state index contributed by atoms with van der Waals surface area (Å²) in [4.78, 5) is 36.3. The van der Waals surface area contributed by atoms with Gasteiger partial charge in [-0.1, -0.05) is 15.9 Å². The number of aromatic nitrogens is 5. The van der Waals surface area contributed by atoms with Gasteiger partial charge in [0.2, 0.25) is 11.8 Å². The van der Waals surface area contributed by atoms with Crippen LogP contribution in [0, 0.1) is 11.8 Å². The van der Waals surface area contributed by atoms with E-state index in [4.69, 9.17) is 18.9 Å². The molecule has 2 aromatic carbocycles. The van der Waals surface area contributed by atoms with Crippen molar-refractivity contribution < 1.29 is 28.5 Å². The molecule has 0 saturated carbocycles. The fourth-order valence-corrected chi connectivity index (χ4v) is 6.63. The van der Waals surface area contributed by atoms with Gasteiger partial charge in [-0.05, 0) is 50.2 Å². The van der Waals surface area contributed by atoms with Crippen molar-refractivity contribution >= 4 is 49.8 Å². The third kappa shape index (κ3) is 7.28. The molecule has 5 heterocycles. The summed E-state index contributed by atoms with van der Waals surface area (Å²) in [7, 11) is 7.02. The van der Waals surface area contributed by atoms with E-state index in [-0.39, 0.29) is 35.9 Å². The van der Waals surface area contributed by atoms with E-state index < -0.39 is 0 Å². The molecule has 2 fully saturated rings. The highest BCUT2D eigenvalue weighted by Gasteiger charge is 2.30. The summed E-state index contributed by atoms with van der Waals surface area (Å²) in [5.74, 6) is 3.00. The number of nitrogens with one attached hydrogen (secondary N) is 2. The number of benzene rings is 2. The number of hydrogen-bond acceptors (Lipinski definition) is 9. The van der Waals surface area contributed by atoms with Crippen LogP contribution in [0.15, 0.2) is 53.5 Å². The third-order valence-electron chi connectivity index (χ3n) is 9.03. The summed E-state index contributed by atoms with van der Waals surface area (Å²) in [6.45, 7) is 5.32. The van der Waals surface area contributed by atoms with Gasteiger partial charge < -0.3 is 38.7 Å². The second-order valence-electron chi connectivity index (χ2n) is 12.4. The van der Waals surface area contributed by atoms with Crippen LogP contribution in [0.1, 0.15) is 26.7 Å². The fourth-order valence-electron chi connectivity index (χ4n) is 6.20. The number of carbonyl (C=O) groups excluding carboxylic acids is 2. The number of ether oxygens (including phenoxy) is 4. The lowest BCUT2D eigenvalue weighted by Gasteiger charge is -2.21. The van der Waals surface area contributed by atoms with Crippen LogP contribution in [0.25, 0.3) is 33.3 Å². The Morgan fingerprint density at radius 3 is 1.84 bits per heavy atom. The molecular formula is C35H40BrN7O6. The van der Waals surface area contributed by atoms with E-state index in [1.165, 1.54) is 0 Å². The normalized spacial score (nSPS) is 18.4. The van der Waals surface area contributed by atoms with Crippen molar-refractivity contribution in [3.8, 4) is 34.4 Å². The molecule has 2 amide bonds. The topological polar surface area (TPSA) is 144 Å². The van der Waals surface area contributed by atoms with E-state index in [9.17, 15) is 9.59 Å². The molecule has 49 heavy (non-hydrogen) atoms. The predicted molar refractivity (Wildman–Crippen MR) is 188 cm³/mol. The summed E-state index contributed by atoms with van der Waals surface area (Å²) in [5.41, 5.74) is 5.16. The highest BCUT2D eigenvalue weighted by atomic mass is 79.9. The summed E-state index contributed by atoms with van der Waals surface area (Å²) in [6, 6.07) is 11.5. The van der Waals surface area contributed by atoms with Crippen LogP contribution in [0.4, 0.5) is 0 Å². The molecule has 0 bridgehead atoms. The summed E-state index contributed by atoms with van der Waals surface area (Å²) < 4.78 is 27.9. The average molecular weight is 735 g/mol. The maximum Gasteiger partial charge on any atom is 0.257 e. The Bertz CT molecular complexity index is 2010. The van der Waals surface area contributed by atoms with Crippen molar-refractivity contribution in [2.75, 3.05) is 27.3 Å². The smallest absolute Gasteiger partial charge is 0.257 e. The first-order valence-corrected chi connectivity index (χ1v) is 16.9. The lowest BCUT2D eigenvalue weighted by atomic mass is 10.0. The second-order valence-corrected chi connectivity index (χ2v) is 13.3. The van der Waals surface area contributed by atoms with Crippen molar-refractivity contribution in [2.45, 2.75) is 38.9 Å². The number of hydrogen-bond donors (Lipinski definition) is 2. The molecule has 2 aliphatic heterocycles. The van der Waals surface area contributed by atoms with Gasteiger partial charge in [-0.15, -0.1) is 0 Å². The van der Waals surface area contributed by atoms with Gasteiger partial charge >= 0.3 is 0 Å². The Labute approximate surface area is 292 Å². The van der Waals surface area contributed by atoms with E-state index in [2.05, 4.69) is 41.5 Å². The number of methoxy groups -OCH3 is 2. The van der Waals surface area contributed by atoms with Crippen LogP contribution >= 0.6 is 15.9 Å². The quantitative estimate of drug-likeness (QED) is 0.219. The van der Waals surface area contributed by atoms with Gasteiger partial charge in [0.25, 0.3) is 5.88 Å². The molecule has 14 heteroatoms. The first kappa shape index (κ1) is 34.0. The fraction of sp³-hybridized carbons (Fsp3) is 0.400. The van der Waals surface area contributed by atoms with Crippen LogP contribution in [-0.4, -0.2) is 75.4 Å². The van der Waals surface area contributed by atoms with Crippen LogP contribution in [0.2, 0.25) is 0 Å². The molecule has 2 N–H and O–H groups in total. The van der Waals surface area contributed by atoms with Crippen LogP contribution in [-0.2, 0) is 23.7 Å². The van der Waals surface area contributed by atoms with Gasteiger partial charge in [0.1, 0.15) is 34.7 Å². The maximum atomic E-state index is 11.6. The molecule has 258 valence electrons. The summed E-state index contributed by atoms with van der Waals surface area (Å²) in [5, 5.41) is 5.71. The Kier molecular flexibility index (Phi) is 9.95. The van der Waals surface area contributed by atoms with E-state index in [1.807, 2.05) is 73.5 Å². The molecule has 13 nitrogen and oxygen atoms in total. The Hall–Kier alpha value is -4.85. The van der Waals surface area contributed by atoms with Gasteiger partial charge in [-0.3, -0.25) is 9.59 Å². The third-order valence-corrected chi connectivity index (χ3v) is 9.48. The molecule has 0 aliphatic carbocycles. The van der Waals surface area contributed by atoms with Crippen molar-refractivity contribution in [1.82, 2.24) is 34.7 Å². The zero-order valence-electron chi connectivity index (χ0n) is 28.3. The molecule has 4 atom stereocenters. The number of halogens is 1. The number of amides is 2. The van der Waals surface area contributed by atoms with E-state index >= 15 is 0 Å². The van der Waals surface area contributed by atoms with Gasteiger partial charge in [0.15, 0.2) is 5.75 Å². The van der Waals surface area contributed by atoms with Crippen LogP contribution < -0.4 is 29.6 Å². The lowest BCUT2D eigenvalue weighted by molar-refractivity contribution is -0.120. The zero-order valence-corrected chi connectivity index (χ0v) is 29.9. The lowest BCUT2D eigenvalue weighted by Crippen LogP contribution is -2.25. The van der Waals surface area contributed by atoms with Crippen molar-refractivity contribution in [3.63, 3.8) is 0 Å². The average Bonchev–Trinajstić information content (AvgIpc) is 3.89. The minimum atomic E-state index is -0.124. The Balaban J connectivity index is 0.000000182. The number of pyridine rings is 1. The largest absolute Gasteiger partial charge is 0.491 e. The van der Waals surface area contributed by atoms with E-state index in [1.54, 1.807) is 26.9 Å². The molecule has 7 rings (SSSR count). The number of rotatable bonds is 9. The zero-order chi connectivity index (χ0) is 34.8. The number of carbonyl (C=O) groups is 2. The van der Waals surface area contributed by atoms with E-state index in [0.29, 0.717) is 43.3 Å². The predicted octanol–water partition coefficient (Wildman–Crippen LogP) is 4.80. The molecular weight excluding hydrogens is 694 g/mol. The van der Waals surface area contributed by atoms with Gasteiger partial charge in [-0.25, -0.2) is 15.0 Å². The highest BCUT2D eigenvalue weighted by Crippen LogP contribution is 2.36. The minimum Gasteiger partial charge on any atom is -0.491 e. The monoisotopic (exact) mass is 733 g/mol. The Morgan fingerprint density at radius 2 is 1.33 bits per heavy atom. The maximum absolute atomic E-state index is 11.6. The molecule has 0 spiro atoms. The molecule has 5 aromatic rings. The molecule has 0 unspecified atom stereocenters. The molecule has 3 aromatic heterocycles. The standard InChI is InChI=1S/C21H24N4O4.C14H16BrN3O2/c1-12(14-9-19(26)22-10-14)29-18-8-13(7-16-20(18)25(2)11-23-16)15-5-6-17(27-3)21(24-15)28-4;1-8(9-3-13(19)16-6-9)20-12-5-10(15)4-11-14(12)18(2)7-17-11/h5-8,11-12,14H,9-10H2,1-4H3,(H,22,26);4-5,7-9H,3,6H2,1-2H3,(H,16,19)/t12-,14-;8-,9-/m11/s1. The van der Waals surface area contributed by atoms with Gasteiger partial charge in [0.05, 0.1) is 43.6 Å². The van der Waals surface area contributed by atoms with Gasteiger partial charge in [-0.2, -0.15) is 0 Å². The van der Waals surface area contributed by atoms with Crippen molar-refractivity contribution in [2.24, 2.45) is 25.9 Å². The first-order chi connectivity index (χ1) is 23.5. The number of nitrogens with zero attached hydrogens (tertiary/aromatic N) is 5. The summed E-state index contributed by atoms with van der Waals surface area (Å²) >= 11 is 3.48.